The van der Waals surface area contributed by atoms with Gasteiger partial charge >= 0.3 is 0 Å². The summed E-state index contributed by atoms with van der Waals surface area (Å²) >= 11 is 3.58. The summed E-state index contributed by atoms with van der Waals surface area (Å²) in [6.45, 7) is 24.1. The molecule has 9 heteroatoms. The van der Waals surface area contributed by atoms with E-state index in [1.165, 1.54) is 0 Å². The van der Waals surface area contributed by atoms with Crippen LogP contribution in [0.1, 0.15) is 67.9 Å². The van der Waals surface area contributed by atoms with E-state index in [2.05, 4.69) is 101 Å². The van der Waals surface area contributed by atoms with Crippen LogP contribution >= 0.6 is 15.9 Å². The van der Waals surface area contributed by atoms with Crippen molar-refractivity contribution < 1.29 is 14.0 Å². The van der Waals surface area contributed by atoms with Gasteiger partial charge in [0.25, 0.3) is 20.1 Å². The van der Waals surface area contributed by atoms with E-state index in [0.717, 1.165) is 16.7 Å². The van der Waals surface area contributed by atoms with Crippen molar-refractivity contribution in [3.8, 4) is 17.1 Å². The molecule has 0 unspecified atom stereocenters. The second kappa shape index (κ2) is 11.0. The minimum absolute atomic E-state index is 0.204. The summed E-state index contributed by atoms with van der Waals surface area (Å²) in [7, 11) is -4.75. The molecule has 0 atom stereocenters. The third-order valence-corrected chi connectivity index (χ3v) is 21.3. The van der Waals surface area contributed by atoms with Gasteiger partial charge < -0.3 is 14.0 Å². The highest BCUT2D eigenvalue weighted by atomic mass is 79.9. The number of pyridine rings is 1. The number of hydrogen-bond acceptors (Lipinski definition) is 4. The van der Waals surface area contributed by atoms with E-state index in [0.29, 0.717) is 43.6 Å². The van der Waals surface area contributed by atoms with Crippen LogP contribution in [-0.2, 0) is 9.59 Å². The zero-order valence-electron chi connectivity index (χ0n) is 26.3. The second-order valence-corrected chi connectivity index (χ2v) is 24.9. The lowest BCUT2D eigenvalue weighted by molar-refractivity contribution is -0.131. The molecule has 3 aromatic rings. The van der Waals surface area contributed by atoms with Gasteiger partial charge in [-0.3, -0.25) is 14.6 Å². The number of fused-ring (bicyclic) bond motifs is 1. The molecule has 2 amide bonds. The lowest BCUT2D eigenvalue weighted by Crippen LogP contribution is -2.57. The number of amides is 2. The topological polar surface area (TPSA) is 75.3 Å². The highest BCUT2D eigenvalue weighted by molar-refractivity contribution is 9.12. The van der Waals surface area contributed by atoms with E-state index < -0.39 is 16.6 Å². The Morgan fingerprint density at radius 2 is 1.54 bits per heavy atom. The van der Waals surface area contributed by atoms with Crippen molar-refractivity contribution in [3.63, 3.8) is 0 Å². The number of halogens is 1. The molecule has 0 saturated carbocycles. The van der Waals surface area contributed by atoms with Crippen LogP contribution in [0.15, 0.2) is 47.1 Å². The highest BCUT2D eigenvalue weighted by Gasteiger charge is 2.52. The molecule has 4 rings (SSSR count). The molecular formula is C32H44BrN3O3Si2. The number of carbonyl (C=O) groups is 2. The zero-order valence-corrected chi connectivity index (χ0v) is 29.9. The van der Waals surface area contributed by atoms with Crippen LogP contribution in [0.3, 0.4) is 0 Å². The third kappa shape index (κ3) is 5.08. The molecule has 1 N–H and O–H groups in total. The SMILES string of the molecule is CC(C)[Si](Oc1ccc2[nH]c(-c3ccccn3)c(C3=C(Br)C(=O)N([Si](C)(C)C(C)(C)C)C3=O)c2c1)(C(C)C)C(C)C. The summed E-state index contributed by atoms with van der Waals surface area (Å²) < 4.78 is 8.89. The Bertz CT molecular complexity index is 1500. The van der Waals surface area contributed by atoms with Gasteiger partial charge in [-0.2, -0.15) is 0 Å². The molecule has 0 spiro atoms. The molecule has 0 saturated heterocycles. The predicted octanol–water partition coefficient (Wildman–Crippen LogP) is 9.26. The fraction of sp³-hybridized carbons (Fsp3) is 0.469. The Hall–Kier alpha value is -2.50. The highest BCUT2D eigenvalue weighted by Crippen LogP contribution is 2.48. The van der Waals surface area contributed by atoms with Gasteiger partial charge in [0.2, 0.25) is 0 Å². The molecule has 2 aromatic heterocycles. The Balaban J connectivity index is 1.98. The quantitative estimate of drug-likeness (QED) is 0.194. The van der Waals surface area contributed by atoms with Crippen LogP contribution in [0.5, 0.6) is 5.75 Å². The molecule has 6 nitrogen and oxygen atoms in total. The molecular weight excluding hydrogens is 610 g/mol. The first-order chi connectivity index (χ1) is 19.0. The fourth-order valence-electron chi connectivity index (χ4n) is 6.32. The number of benzene rings is 1. The first-order valence-corrected chi connectivity index (χ1v) is 20.4. The van der Waals surface area contributed by atoms with Gasteiger partial charge in [0.15, 0.2) is 8.24 Å². The largest absolute Gasteiger partial charge is 0.543 e. The summed E-state index contributed by atoms with van der Waals surface area (Å²) in [5.41, 5.74) is 4.58. The van der Waals surface area contributed by atoms with Crippen molar-refractivity contribution in [3.05, 3.63) is 52.6 Å². The molecule has 1 aliphatic heterocycles. The number of aromatic nitrogens is 2. The van der Waals surface area contributed by atoms with Crippen LogP contribution in [-0.4, -0.2) is 42.9 Å². The van der Waals surface area contributed by atoms with Crippen LogP contribution in [0.2, 0.25) is 34.8 Å². The van der Waals surface area contributed by atoms with Crippen LogP contribution in [0.25, 0.3) is 27.9 Å². The summed E-state index contributed by atoms with van der Waals surface area (Å²) in [5, 5.41) is 0.636. The predicted molar refractivity (Wildman–Crippen MR) is 178 cm³/mol. The standard InChI is InChI=1S/C32H44BrN3O3Si2/c1-19(2)41(20(3)4,21(5)6)39-22-15-16-24-23(18-22)26(29(35-24)25-14-12-13-17-34-25)27-28(33)31(38)36(30(27)37)40(10,11)32(7,8)9/h12-21,35H,1-11H3. The molecule has 1 aliphatic rings. The molecule has 41 heavy (non-hydrogen) atoms. The number of imide groups is 1. The van der Waals surface area contributed by atoms with Gasteiger partial charge in [0.1, 0.15) is 5.75 Å². The molecule has 0 aliphatic carbocycles. The first-order valence-electron chi connectivity index (χ1n) is 14.5. The van der Waals surface area contributed by atoms with Gasteiger partial charge in [0.05, 0.1) is 21.4 Å². The average Bonchev–Trinajstić information content (AvgIpc) is 3.35. The van der Waals surface area contributed by atoms with Gasteiger partial charge in [-0.25, -0.2) is 0 Å². The van der Waals surface area contributed by atoms with E-state index in [1.54, 1.807) is 10.8 Å². The summed E-state index contributed by atoms with van der Waals surface area (Å²) in [4.78, 5) is 36.2. The van der Waals surface area contributed by atoms with Crippen LogP contribution < -0.4 is 4.43 Å². The summed E-state index contributed by atoms with van der Waals surface area (Å²) in [5.74, 6) is 0.270. The number of aromatic amines is 1. The van der Waals surface area contributed by atoms with E-state index in [1.807, 2.05) is 36.4 Å². The maximum atomic E-state index is 14.3. The number of carbonyl (C=O) groups excluding carboxylic acids is 2. The number of H-pyrrole nitrogens is 1. The van der Waals surface area contributed by atoms with Gasteiger partial charge in [-0.15, -0.1) is 0 Å². The van der Waals surface area contributed by atoms with E-state index in [-0.39, 0.29) is 16.9 Å². The van der Waals surface area contributed by atoms with Crippen LogP contribution in [0, 0.1) is 0 Å². The maximum Gasteiger partial charge on any atom is 0.260 e. The molecule has 0 bridgehead atoms. The normalized spacial score (nSPS) is 15.4. The van der Waals surface area contributed by atoms with E-state index in [9.17, 15) is 9.59 Å². The summed E-state index contributed by atoms with van der Waals surface area (Å²) in [6.07, 6.45) is 1.74. The van der Waals surface area contributed by atoms with Gasteiger partial charge in [-0.1, -0.05) is 81.5 Å². The van der Waals surface area contributed by atoms with Crippen molar-refractivity contribution in [2.24, 2.45) is 0 Å². The summed E-state index contributed by atoms with van der Waals surface area (Å²) in [6, 6.07) is 11.8. The smallest absolute Gasteiger partial charge is 0.260 e. The lowest BCUT2D eigenvalue weighted by Gasteiger charge is -2.42. The third-order valence-electron chi connectivity index (χ3n) is 9.36. The molecule has 0 fully saturated rings. The Labute approximate surface area is 255 Å². The van der Waals surface area contributed by atoms with E-state index >= 15 is 0 Å². The van der Waals surface area contributed by atoms with E-state index in [4.69, 9.17) is 4.43 Å². The molecule has 0 radical (unpaired) electrons. The van der Waals surface area contributed by atoms with Crippen molar-refractivity contribution >= 4 is 60.8 Å². The molecule has 220 valence electrons. The van der Waals surface area contributed by atoms with Crippen molar-refractivity contribution in [1.82, 2.24) is 14.5 Å². The number of nitrogens with zero attached hydrogens (tertiary/aromatic N) is 2. The fourth-order valence-corrected chi connectivity index (χ4v) is 14.2. The Morgan fingerprint density at radius 3 is 2.05 bits per heavy atom. The minimum Gasteiger partial charge on any atom is -0.543 e. The maximum absolute atomic E-state index is 14.3. The number of rotatable bonds is 8. The minimum atomic E-state index is -2.52. The van der Waals surface area contributed by atoms with Crippen LogP contribution in [0.4, 0.5) is 0 Å². The second-order valence-electron chi connectivity index (χ2n) is 13.7. The van der Waals surface area contributed by atoms with Gasteiger partial charge in [-0.05, 0) is 67.9 Å². The lowest BCUT2D eigenvalue weighted by atomic mass is 10.00. The van der Waals surface area contributed by atoms with Crippen molar-refractivity contribution in [1.29, 1.82) is 0 Å². The monoisotopic (exact) mass is 653 g/mol. The zero-order chi connectivity index (χ0) is 30.7. The van der Waals surface area contributed by atoms with Gasteiger partial charge in [0, 0.05) is 22.7 Å². The average molecular weight is 655 g/mol. The Morgan fingerprint density at radius 1 is 0.927 bits per heavy atom. The molecule has 1 aromatic carbocycles. The Kier molecular flexibility index (Phi) is 8.41. The first kappa shape index (κ1) is 31.4. The molecule has 3 heterocycles. The van der Waals surface area contributed by atoms with Crippen molar-refractivity contribution in [2.45, 2.75) is 97.1 Å². The van der Waals surface area contributed by atoms with Crippen molar-refractivity contribution in [2.75, 3.05) is 0 Å². The number of hydrogen-bond donors (Lipinski definition) is 1. The number of nitrogens with one attached hydrogen (secondary N) is 1.